The van der Waals surface area contributed by atoms with E-state index in [4.69, 9.17) is 11.6 Å². The highest BCUT2D eigenvalue weighted by atomic mass is 35.5. The number of anilines is 1. The van der Waals surface area contributed by atoms with Crippen LogP contribution in [0.1, 0.15) is 6.42 Å². The zero-order chi connectivity index (χ0) is 18.2. The van der Waals surface area contributed by atoms with Crippen molar-refractivity contribution in [1.82, 2.24) is 15.1 Å². The number of aliphatic hydroxyl groups is 3. The summed E-state index contributed by atoms with van der Waals surface area (Å²) in [4.78, 5) is 11.7. The number of amides is 1. The molecule has 25 heavy (non-hydrogen) atoms. The quantitative estimate of drug-likeness (QED) is 0.243. The molecule has 2 rings (SSSR count). The summed E-state index contributed by atoms with van der Waals surface area (Å²) in [6, 6.07) is 8.69. The molecule has 1 aromatic heterocycles. The van der Waals surface area contributed by atoms with Gasteiger partial charge < -0.3 is 26.0 Å². The number of aromatic nitrogens is 2. The van der Waals surface area contributed by atoms with Gasteiger partial charge in [0.05, 0.1) is 5.69 Å². The fourth-order valence-corrected chi connectivity index (χ4v) is 2.23. The number of aliphatic hydroxyl groups excluding tert-OH is 3. The van der Waals surface area contributed by atoms with Crippen molar-refractivity contribution in [3.05, 3.63) is 42.7 Å². The highest BCUT2D eigenvalue weighted by molar-refractivity contribution is 6.17. The number of carbonyl (C=O) groups excluding carboxylic acids is 1. The first-order valence-electron chi connectivity index (χ1n) is 7.77. The Morgan fingerprint density at radius 3 is 2.56 bits per heavy atom. The Balaban J connectivity index is 1.89. The molecule has 1 aromatic carbocycles. The van der Waals surface area contributed by atoms with Gasteiger partial charge in [0.15, 0.2) is 12.3 Å². The van der Waals surface area contributed by atoms with Crippen LogP contribution >= 0.6 is 11.6 Å². The van der Waals surface area contributed by atoms with E-state index in [0.29, 0.717) is 18.0 Å². The van der Waals surface area contributed by atoms with Crippen molar-refractivity contribution >= 4 is 23.2 Å². The molecular formula is C16H21ClN4O4. The Hall–Kier alpha value is -2.13. The third-order valence-corrected chi connectivity index (χ3v) is 3.74. The minimum Gasteiger partial charge on any atom is -0.385 e. The molecule has 1 amide bonds. The smallest absolute Gasteiger partial charge is 0.251 e. The molecule has 0 saturated heterocycles. The topological polar surface area (TPSA) is 120 Å². The van der Waals surface area contributed by atoms with Crippen LogP contribution in [-0.4, -0.2) is 61.9 Å². The summed E-state index contributed by atoms with van der Waals surface area (Å²) < 4.78 is 1.67. The van der Waals surface area contributed by atoms with E-state index in [1.54, 1.807) is 47.4 Å². The Kier molecular flexibility index (Phi) is 7.20. The van der Waals surface area contributed by atoms with E-state index in [1.807, 2.05) is 0 Å². The molecule has 8 nitrogen and oxygen atoms in total. The van der Waals surface area contributed by atoms with E-state index in [2.05, 4.69) is 15.7 Å². The van der Waals surface area contributed by atoms with Crippen molar-refractivity contribution in [2.24, 2.45) is 0 Å². The molecule has 0 fully saturated rings. The molecule has 9 heteroatoms. The molecule has 0 bridgehead atoms. The van der Waals surface area contributed by atoms with Gasteiger partial charge in [0.1, 0.15) is 6.10 Å². The first kappa shape index (κ1) is 19.2. The lowest BCUT2D eigenvalue weighted by Gasteiger charge is -2.24. The van der Waals surface area contributed by atoms with E-state index in [1.165, 1.54) is 0 Å². The number of halogens is 1. The number of hydrogen-bond donors (Lipinski definition) is 5. The van der Waals surface area contributed by atoms with Crippen molar-refractivity contribution in [3.63, 3.8) is 0 Å². The first-order chi connectivity index (χ1) is 12.0. The molecule has 2 aromatic rings. The zero-order valence-electron chi connectivity index (χ0n) is 13.4. The van der Waals surface area contributed by atoms with Crippen molar-refractivity contribution in [3.8, 4) is 5.69 Å². The van der Waals surface area contributed by atoms with Gasteiger partial charge >= 0.3 is 0 Å². The second-order valence-corrected chi connectivity index (χ2v) is 5.73. The third-order valence-electron chi connectivity index (χ3n) is 3.48. The maximum absolute atomic E-state index is 11.7. The largest absolute Gasteiger partial charge is 0.385 e. The molecule has 1 heterocycles. The lowest BCUT2D eigenvalue weighted by atomic mass is 10.1. The average molecular weight is 369 g/mol. The van der Waals surface area contributed by atoms with Crippen molar-refractivity contribution in [2.75, 3.05) is 17.7 Å². The molecule has 136 valence electrons. The summed E-state index contributed by atoms with van der Waals surface area (Å²) in [7, 11) is 0. The van der Waals surface area contributed by atoms with Gasteiger partial charge in [-0.3, -0.25) is 4.79 Å². The minimum atomic E-state index is -1.76. The molecule has 0 radical (unpaired) electrons. The average Bonchev–Trinajstić information content (AvgIpc) is 3.15. The molecule has 0 aliphatic carbocycles. The van der Waals surface area contributed by atoms with Crippen molar-refractivity contribution in [2.45, 2.75) is 24.9 Å². The van der Waals surface area contributed by atoms with Crippen LogP contribution in [0.2, 0.25) is 0 Å². The summed E-state index contributed by atoms with van der Waals surface area (Å²) in [6.07, 6.45) is -0.988. The summed E-state index contributed by atoms with van der Waals surface area (Å²) in [5.74, 6) is -0.398. The fourth-order valence-electron chi connectivity index (χ4n) is 2.10. The number of rotatable bonds is 9. The predicted molar refractivity (Wildman–Crippen MR) is 93.6 cm³/mol. The molecule has 1 unspecified atom stereocenters. The molecule has 0 aliphatic heterocycles. The van der Waals surface area contributed by atoms with Crippen LogP contribution < -0.4 is 10.6 Å². The number of nitrogens with zero attached hydrogens (tertiary/aromatic N) is 2. The Morgan fingerprint density at radius 1 is 1.24 bits per heavy atom. The third kappa shape index (κ3) is 5.43. The van der Waals surface area contributed by atoms with Crippen molar-refractivity contribution < 1.29 is 20.1 Å². The SMILES string of the molecule is O=C(NCCCCl)[C@H](O)[C@@H](O)C(O)Nc1ccc(-n2cccn2)cc1. The van der Waals surface area contributed by atoms with E-state index in [0.717, 1.165) is 5.69 Å². The lowest BCUT2D eigenvalue weighted by Crippen LogP contribution is -2.49. The second kappa shape index (κ2) is 9.38. The van der Waals surface area contributed by atoms with Crippen LogP contribution in [-0.2, 0) is 4.79 Å². The summed E-state index contributed by atoms with van der Waals surface area (Å²) >= 11 is 5.49. The predicted octanol–water partition coefficient (Wildman–Crippen LogP) is 0.0695. The van der Waals surface area contributed by atoms with Crippen LogP contribution in [0.25, 0.3) is 5.69 Å². The van der Waals surface area contributed by atoms with Gasteiger partial charge in [-0.2, -0.15) is 5.10 Å². The van der Waals surface area contributed by atoms with Crippen LogP contribution in [0.4, 0.5) is 5.69 Å². The van der Waals surface area contributed by atoms with Crippen LogP contribution in [0.5, 0.6) is 0 Å². The van der Waals surface area contributed by atoms with E-state index in [9.17, 15) is 20.1 Å². The van der Waals surface area contributed by atoms with Gasteiger partial charge in [-0.1, -0.05) is 0 Å². The minimum absolute atomic E-state index is 0.282. The van der Waals surface area contributed by atoms with Gasteiger partial charge in [-0.25, -0.2) is 4.68 Å². The molecular weight excluding hydrogens is 348 g/mol. The maximum atomic E-state index is 11.7. The van der Waals surface area contributed by atoms with Gasteiger partial charge in [0, 0.05) is 30.5 Å². The Morgan fingerprint density at radius 2 is 1.96 bits per heavy atom. The normalized spacial score (nSPS) is 14.6. The number of alkyl halides is 1. The van der Waals surface area contributed by atoms with E-state index in [-0.39, 0.29) is 6.54 Å². The Labute approximate surface area is 150 Å². The lowest BCUT2D eigenvalue weighted by molar-refractivity contribution is -0.139. The molecule has 3 atom stereocenters. The molecule has 0 spiro atoms. The summed E-state index contributed by atoms with van der Waals surface area (Å²) in [5.41, 5.74) is 1.33. The second-order valence-electron chi connectivity index (χ2n) is 5.36. The van der Waals surface area contributed by atoms with Crippen LogP contribution in [0.3, 0.4) is 0 Å². The standard InChI is InChI=1S/C16H21ClN4O4/c17-7-1-8-18-15(24)13(22)14(23)16(25)20-11-3-5-12(6-4-11)21-10-2-9-19-21/h2-6,9-10,13-14,16,20,22-23,25H,1,7-8H2,(H,18,24)/t13-,14-,16?/m1/s1. The van der Waals surface area contributed by atoms with Crippen LogP contribution in [0.15, 0.2) is 42.7 Å². The molecule has 0 aliphatic rings. The monoisotopic (exact) mass is 368 g/mol. The molecule has 5 N–H and O–H groups in total. The summed E-state index contributed by atoms with van der Waals surface area (Å²) in [5, 5.41) is 38.8. The number of hydrogen-bond acceptors (Lipinski definition) is 6. The van der Waals surface area contributed by atoms with E-state index >= 15 is 0 Å². The van der Waals surface area contributed by atoms with Gasteiger partial charge in [-0.15, -0.1) is 11.6 Å². The van der Waals surface area contributed by atoms with Gasteiger partial charge in [0.2, 0.25) is 0 Å². The zero-order valence-corrected chi connectivity index (χ0v) is 14.2. The van der Waals surface area contributed by atoms with Crippen LogP contribution in [0, 0.1) is 0 Å². The van der Waals surface area contributed by atoms with Gasteiger partial charge in [-0.05, 0) is 36.8 Å². The van der Waals surface area contributed by atoms with E-state index < -0.39 is 24.3 Å². The van der Waals surface area contributed by atoms with Crippen molar-refractivity contribution in [1.29, 1.82) is 0 Å². The number of nitrogens with one attached hydrogen (secondary N) is 2. The first-order valence-corrected chi connectivity index (χ1v) is 8.31. The number of carbonyl (C=O) groups is 1. The highest BCUT2D eigenvalue weighted by Crippen LogP contribution is 2.14. The molecule has 0 saturated carbocycles. The fraction of sp³-hybridized carbons (Fsp3) is 0.375. The number of benzene rings is 1. The maximum Gasteiger partial charge on any atom is 0.251 e. The van der Waals surface area contributed by atoms with Gasteiger partial charge in [0.25, 0.3) is 5.91 Å². The highest BCUT2D eigenvalue weighted by Gasteiger charge is 2.30. The Bertz CT molecular complexity index is 651. The summed E-state index contributed by atoms with van der Waals surface area (Å²) in [6.45, 7) is 0.282.